The standard InChI is InChI=1S/C7H15FN2O/c1-6(10(2)3)7(11)9-5-4-8/h6H,4-5H2,1-3H3,(H,9,11)/t6-/m0/s1. The Bertz CT molecular complexity index is 128. The molecule has 0 aromatic heterocycles. The van der Waals surface area contributed by atoms with Gasteiger partial charge < -0.3 is 5.32 Å². The lowest BCUT2D eigenvalue weighted by Gasteiger charge is -2.18. The van der Waals surface area contributed by atoms with Crippen LogP contribution in [-0.2, 0) is 4.79 Å². The summed E-state index contributed by atoms with van der Waals surface area (Å²) in [7, 11) is 3.61. The molecule has 0 heterocycles. The average molecular weight is 162 g/mol. The number of carbonyl (C=O) groups excluding carboxylic acids is 1. The van der Waals surface area contributed by atoms with E-state index in [0.29, 0.717) is 0 Å². The number of amides is 1. The van der Waals surface area contributed by atoms with E-state index in [2.05, 4.69) is 5.32 Å². The Morgan fingerprint density at radius 1 is 1.64 bits per heavy atom. The number of likely N-dealkylation sites (N-methyl/N-ethyl adjacent to an activating group) is 1. The third-order valence-corrected chi connectivity index (χ3v) is 1.55. The molecule has 0 aromatic carbocycles. The summed E-state index contributed by atoms with van der Waals surface area (Å²) in [6.07, 6.45) is 0. The Morgan fingerprint density at radius 3 is 2.55 bits per heavy atom. The molecular formula is C7H15FN2O. The SMILES string of the molecule is C[C@@H](C(=O)NCCF)N(C)C. The van der Waals surface area contributed by atoms with Crippen molar-refractivity contribution in [3.63, 3.8) is 0 Å². The molecule has 0 bridgehead atoms. The van der Waals surface area contributed by atoms with E-state index in [1.54, 1.807) is 25.9 Å². The van der Waals surface area contributed by atoms with Gasteiger partial charge in [0, 0.05) is 6.54 Å². The van der Waals surface area contributed by atoms with Gasteiger partial charge in [0.15, 0.2) is 0 Å². The minimum Gasteiger partial charge on any atom is -0.352 e. The molecule has 0 unspecified atom stereocenters. The Balaban J connectivity index is 3.64. The van der Waals surface area contributed by atoms with Crippen LogP contribution in [0.2, 0.25) is 0 Å². The summed E-state index contributed by atoms with van der Waals surface area (Å²) in [4.78, 5) is 12.8. The van der Waals surface area contributed by atoms with Crippen LogP contribution in [-0.4, -0.2) is 44.2 Å². The molecule has 0 aromatic rings. The van der Waals surface area contributed by atoms with Crippen molar-refractivity contribution in [2.45, 2.75) is 13.0 Å². The number of hydrogen-bond acceptors (Lipinski definition) is 2. The van der Waals surface area contributed by atoms with Gasteiger partial charge in [0.1, 0.15) is 6.67 Å². The van der Waals surface area contributed by atoms with Crippen molar-refractivity contribution in [2.75, 3.05) is 27.3 Å². The van der Waals surface area contributed by atoms with E-state index in [0.717, 1.165) is 0 Å². The van der Waals surface area contributed by atoms with Crippen LogP contribution < -0.4 is 5.32 Å². The third kappa shape index (κ3) is 3.93. The number of nitrogens with zero attached hydrogens (tertiary/aromatic N) is 1. The Labute approximate surface area is 66.6 Å². The second-order valence-corrected chi connectivity index (χ2v) is 2.62. The summed E-state index contributed by atoms with van der Waals surface area (Å²) in [5.41, 5.74) is 0. The molecule has 1 N–H and O–H groups in total. The Kier molecular flexibility index (Phi) is 4.77. The normalized spacial score (nSPS) is 13.2. The highest BCUT2D eigenvalue weighted by Crippen LogP contribution is 1.89. The second-order valence-electron chi connectivity index (χ2n) is 2.62. The van der Waals surface area contributed by atoms with Crippen molar-refractivity contribution < 1.29 is 9.18 Å². The zero-order chi connectivity index (χ0) is 8.85. The quantitative estimate of drug-likeness (QED) is 0.632. The summed E-state index contributed by atoms with van der Waals surface area (Å²) in [6, 6.07) is -0.193. The van der Waals surface area contributed by atoms with Gasteiger partial charge in [0.05, 0.1) is 6.04 Å². The van der Waals surface area contributed by atoms with E-state index in [9.17, 15) is 9.18 Å². The maximum atomic E-state index is 11.6. The van der Waals surface area contributed by atoms with Crippen LogP contribution in [0.15, 0.2) is 0 Å². The van der Waals surface area contributed by atoms with Crippen LogP contribution in [0.1, 0.15) is 6.92 Å². The van der Waals surface area contributed by atoms with E-state index < -0.39 is 6.67 Å². The van der Waals surface area contributed by atoms with Crippen LogP contribution in [0.25, 0.3) is 0 Å². The van der Waals surface area contributed by atoms with E-state index in [-0.39, 0.29) is 18.5 Å². The average Bonchev–Trinajstić information content (AvgIpc) is 1.98. The van der Waals surface area contributed by atoms with Crippen LogP contribution >= 0.6 is 0 Å². The molecule has 0 radical (unpaired) electrons. The molecular weight excluding hydrogens is 147 g/mol. The number of nitrogens with one attached hydrogen (secondary N) is 1. The molecule has 11 heavy (non-hydrogen) atoms. The second kappa shape index (κ2) is 5.07. The first-order valence-electron chi connectivity index (χ1n) is 3.59. The van der Waals surface area contributed by atoms with Gasteiger partial charge in [-0.2, -0.15) is 0 Å². The molecule has 0 aliphatic rings. The van der Waals surface area contributed by atoms with Crippen molar-refractivity contribution in [1.29, 1.82) is 0 Å². The highest BCUT2D eigenvalue weighted by molar-refractivity contribution is 5.81. The lowest BCUT2D eigenvalue weighted by molar-refractivity contribution is -0.125. The lowest BCUT2D eigenvalue weighted by atomic mass is 10.3. The molecule has 1 atom stereocenters. The van der Waals surface area contributed by atoms with Gasteiger partial charge in [0.2, 0.25) is 5.91 Å². The highest BCUT2D eigenvalue weighted by Gasteiger charge is 2.13. The number of rotatable bonds is 4. The third-order valence-electron chi connectivity index (χ3n) is 1.55. The molecule has 0 aliphatic carbocycles. The fourth-order valence-electron chi connectivity index (χ4n) is 0.553. The Hall–Kier alpha value is -0.640. The predicted octanol–water partition coefficient (Wildman–Crippen LogP) is 0.0222. The summed E-state index contributed by atoms with van der Waals surface area (Å²) >= 11 is 0. The van der Waals surface area contributed by atoms with Gasteiger partial charge in [0.25, 0.3) is 0 Å². The van der Waals surface area contributed by atoms with Gasteiger partial charge in [-0.15, -0.1) is 0 Å². The Morgan fingerprint density at radius 2 is 2.18 bits per heavy atom. The van der Waals surface area contributed by atoms with Gasteiger partial charge in [-0.25, -0.2) is 4.39 Å². The molecule has 0 aliphatic heterocycles. The molecule has 0 rings (SSSR count). The number of halogens is 1. The molecule has 1 amide bonds. The topological polar surface area (TPSA) is 32.3 Å². The summed E-state index contributed by atoms with van der Waals surface area (Å²) in [6.45, 7) is 1.37. The maximum Gasteiger partial charge on any atom is 0.237 e. The van der Waals surface area contributed by atoms with Crippen molar-refractivity contribution in [1.82, 2.24) is 10.2 Å². The first kappa shape index (κ1) is 10.4. The van der Waals surface area contributed by atoms with Crippen molar-refractivity contribution >= 4 is 5.91 Å². The van der Waals surface area contributed by atoms with Crippen LogP contribution in [0.5, 0.6) is 0 Å². The summed E-state index contributed by atoms with van der Waals surface area (Å²) in [5.74, 6) is -0.132. The van der Waals surface area contributed by atoms with Crippen LogP contribution in [0.3, 0.4) is 0 Å². The highest BCUT2D eigenvalue weighted by atomic mass is 19.1. The first-order chi connectivity index (χ1) is 5.09. The molecule has 0 saturated heterocycles. The van der Waals surface area contributed by atoms with E-state index in [1.165, 1.54) is 0 Å². The zero-order valence-electron chi connectivity index (χ0n) is 7.22. The van der Waals surface area contributed by atoms with Crippen molar-refractivity contribution in [3.8, 4) is 0 Å². The van der Waals surface area contributed by atoms with Gasteiger partial charge in [-0.1, -0.05) is 0 Å². The van der Waals surface area contributed by atoms with Crippen LogP contribution in [0.4, 0.5) is 4.39 Å². The van der Waals surface area contributed by atoms with Gasteiger partial charge in [-0.05, 0) is 21.0 Å². The molecule has 3 nitrogen and oxygen atoms in total. The zero-order valence-corrected chi connectivity index (χ0v) is 7.22. The first-order valence-corrected chi connectivity index (χ1v) is 3.59. The molecule has 0 spiro atoms. The summed E-state index contributed by atoms with van der Waals surface area (Å²) < 4.78 is 11.6. The number of hydrogen-bond donors (Lipinski definition) is 1. The van der Waals surface area contributed by atoms with Gasteiger partial charge in [-0.3, -0.25) is 9.69 Å². The van der Waals surface area contributed by atoms with Crippen molar-refractivity contribution in [3.05, 3.63) is 0 Å². The fraction of sp³-hybridized carbons (Fsp3) is 0.857. The molecule has 0 fully saturated rings. The predicted molar refractivity (Wildman–Crippen MR) is 42.1 cm³/mol. The van der Waals surface area contributed by atoms with E-state index in [4.69, 9.17) is 0 Å². The lowest BCUT2D eigenvalue weighted by Crippen LogP contribution is -2.42. The largest absolute Gasteiger partial charge is 0.352 e. The smallest absolute Gasteiger partial charge is 0.237 e. The minimum absolute atomic E-state index is 0.108. The maximum absolute atomic E-state index is 11.6. The molecule has 4 heteroatoms. The minimum atomic E-state index is -0.508. The summed E-state index contributed by atoms with van der Waals surface area (Å²) in [5, 5.41) is 2.46. The van der Waals surface area contributed by atoms with E-state index >= 15 is 0 Å². The van der Waals surface area contributed by atoms with E-state index in [1.807, 2.05) is 0 Å². The number of carbonyl (C=O) groups is 1. The fourth-order valence-corrected chi connectivity index (χ4v) is 0.553. The van der Waals surface area contributed by atoms with Gasteiger partial charge >= 0.3 is 0 Å². The molecule has 0 saturated carbocycles. The monoisotopic (exact) mass is 162 g/mol. The number of alkyl halides is 1. The van der Waals surface area contributed by atoms with Crippen molar-refractivity contribution in [2.24, 2.45) is 0 Å². The van der Waals surface area contributed by atoms with Crippen LogP contribution in [0, 0.1) is 0 Å². The molecule has 66 valence electrons.